The van der Waals surface area contributed by atoms with Crippen LogP contribution < -0.4 is 16.6 Å². The minimum absolute atomic E-state index is 0.0230. The van der Waals surface area contributed by atoms with Gasteiger partial charge in [-0.2, -0.15) is 0 Å². The van der Waals surface area contributed by atoms with Gasteiger partial charge < -0.3 is 5.32 Å². The normalized spacial score (nSPS) is 11.0. The van der Waals surface area contributed by atoms with E-state index < -0.39 is 11.2 Å². The first-order valence-electron chi connectivity index (χ1n) is 6.47. The van der Waals surface area contributed by atoms with Gasteiger partial charge in [-0.15, -0.1) is 0 Å². The van der Waals surface area contributed by atoms with Crippen LogP contribution in [0.15, 0.2) is 9.59 Å². The minimum Gasteiger partial charge on any atom is -0.355 e. The second-order valence-corrected chi connectivity index (χ2v) is 5.66. The number of carbonyl (C=O) groups excluding carboxylic acids is 1. The Labute approximate surface area is 133 Å². The number of hydrogen-bond acceptors (Lipinski definition) is 4. The second kappa shape index (κ2) is 6.00. The van der Waals surface area contributed by atoms with Gasteiger partial charge in [-0.1, -0.05) is 6.92 Å². The molecule has 0 aliphatic carbocycles. The fraction of sp³-hybridized carbons (Fsp3) is 0.500. The van der Waals surface area contributed by atoms with Gasteiger partial charge in [0.05, 0.1) is 0 Å². The monoisotopic (exact) mass is 405 g/mol. The number of nitrogens with zero attached hydrogens (tertiary/aromatic N) is 4. The van der Waals surface area contributed by atoms with E-state index in [1.807, 2.05) is 29.5 Å². The SMILES string of the molecule is CCCNC(=O)Cn1c(I)nc2c(=O)n(C)c(=O)n(C)c21. The molecule has 0 aliphatic rings. The zero-order valence-corrected chi connectivity index (χ0v) is 14.2. The molecule has 0 aromatic carbocycles. The summed E-state index contributed by atoms with van der Waals surface area (Å²) < 4.78 is 4.41. The first kappa shape index (κ1) is 15.7. The molecule has 114 valence electrons. The first-order chi connectivity index (χ1) is 9.88. The number of nitrogens with one attached hydrogen (secondary N) is 1. The largest absolute Gasteiger partial charge is 0.355 e. The van der Waals surface area contributed by atoms with Crippen molar-refractivity contribution in [1.82, 2.24) is 24.0 Å². The lowest BCUT2D eigenvalue weighted by molar-refractivity contribution is -0.121. The van der Waals surface area contributed by atoms with E-state index in [-0.39, 0.29) is 18.0 Å². The highest BCUT2D eigenvalue weighted by Gasteiger charge is 2.18. The molecular formula is C12H16IN5O3. The minimum atomic E-state index is -0.460. The van der Waals surface area contributed by atoms with E-state index in [4.69, 9.17) is 0 Å². The van der Waals surface area contributed by atoms with E-state index in [2.05, 4.69) is 10.3 Å². The summed E-state index contributed by atoms with van der Waals surface area (Å²) in [5, 5.41) is 2.76. The third kappa shape index (κ3) is 2.74. The topological polar surface area (TPSA) is 90.9 Å². The van der Waals surface area contributed by atoms with Crippen molar-refractivity contribution in [2.24, 2.45) is 14.1 Å². The van der Waals surface area contributed by atoms with Gasteiger partial charge in [0.2, 0.25) is 5.91 Å². The first-order valence-corrected chi connectivity index (χ1v) is 7.54. The number of imidazole rings is 1. The van der Waals surface area contributed by atoms with Crippen molar-refractivity contribution in [3.8, 4) is 0 Å². The van der Waals surface area contributed by atoms with Gasteiger partial charge in [0, 0.05) is 43.2 Å². The predicted octanol–water partition coefficient (Wildman–Crippen LogP) is -0.435. The third-order valence-corrected chi connectivity index (χ3v) is 3.99. The molecule has 2 rings (SSSR count). The van der Waals surface area contributed by atoms with Crippen LogP contribution in [0.4, 0.5) is 0 Å². The number of rotatable bonds is 4. The van der Waals surface area contributed by atoms with Crippen molar-refractivity contribution in [1.29, 1.82) is 0 Å². The smallest absolute Gasteiger partial charge is 0.332 e. The molecule has 0 fully saturated rings. The molecule has 0 spiro atoms. The van der Waals surface area contributed by atoms with E-state index in [0.717, 1.165) is 11.0 Å². The van der Waals surface area contributed by atoms with Crippen molar-refractivity contribution in [3.63, 3.8) is 0 Å². The van der Waals surface area contributed by atoms with Crippen LogP contribution in [0.3, 0.4) is 0 Å². The van der Waals surface area contributed by atoms with Gasteiger partial charge in [0.1, 0.15) is 6.54 Å². The standard InChI is InChI=1S/C12H16IN5O3/c1-4-5-14-7(19)6-18-9-8(15-11(18)13)10(20)17(3)12(21)16(9)2/h4-6H2,1-3H3,(H,14,19). The van der Waals surface area contributed by atoms with Crippen molar-refractivity contribution in [2.45, 2.75) is 19.9 Å². The van der Waals surface area contributed by atoms with E-state index in [0.29, 0.717) is 16.0 Å². The van der Waals surface area contributed by atoms with Crippen molar-refractivity contribution in [2.75, 3.05) is 6.54 Å². The lowest BCUT2D eigenvalue weighted by atomic mass is 10.4. The summed E-state index contributed by atoms with van der Waals surface area (Å²) >= 11 is 1.95. The summed E-state index contributed by atoms with van der Waals surface area (Å²) in [6, 6.07) is 0. The zero-order valence-electron chi connectivity index (χ0n) is 12.0. The molecular weight excluding hydrogens is 389 g/mol. The summed E-state index contributed by atoms with van der Waals surface area (Å²) in [5.41, 5.74) is -0.357. The molecule has 1 amide bonds. The molecule has 9 heteroatoms. The third-order valence-electron chi connectivity index (χ3n) is 3.17. The number of hydrogen-bond donors (Lipinski definition) is 1. The van der Waals surface area contributed by atoms with Crippen LogP contribution in [-0.2, 0) is 25.4 Å². The number of halogens is 1. The molecule has 0 bridgehead atoms. The van der Waals surface area contributed by atoms with Gasteiger partial charge in [0.25, 0.3) is 5.56 Å². The number of carbonyl (C=O) groups is 1. The number of aromatic nitrogens is 4. The Morgan fingerprint density at radius 2 is 1.95 bits per heavy atom. The van der Waals surface area contributed by atoms with Crippen LogP contribution in [-0.4, -0.2) is 31.1 Å². The maximum Gasteiger partial charge on any atom is 0.332 e. The van der Waals surface area contributed by atoms with E-state index >= 15 is 0 Å². The van der Waals surface area contributed by atoms with Crippen molar-refractivity contribution in [3.05, 3.63) is 24.7 Å². The molecule has 21 heavy (non-hydrogen) atoms. The average Bonchev–Trinajstić information content (AvgIpc) is 2.78. The quantitative estimate of drug-likeness (QED) is 0.552. The summed E-state index contributed by atoms with van der Waals surface area (Å²) in [6.45, 7) is 2.57. The molecule has 0 radical (unpaired) electrons. The van der Waals surface area contributed by atoms with Gasteiger partial charge in [-0.25, -0.2) is 9.78 Å². The Hall–Kier alpha value is -1.65. The second-order valence-electron chi connectivity index (χ2n) is 4.69. The van der Waals surface area contributed by atoms with Crippen LogP contribution in [0.1, 0.15) is 13.3 Å². The molecule has 2 aromatic rings. The number of amides is 1. The van der Waals surface area contributed by atoms with Crippen LogP contribution >= 0.6 is 22.6 Å². The average molecular weight is 405 g/mol. The van der Waals surface area contributed by atoms with Gasteiger partial charge in [-0.05, 0) is 6.42 Å². The summed E-state index contributed by atoms with van der Waals surface area (Å²) in [6.07, 6.45) is 0.840. The zero-order chi connectivity index (χ0) is 15.7. The summed E-state index contributed by atoms with van der Waals surface area (Å²) in [7, 11) is 2.96. The van der Waals surface area contributed by atoms with Crippen molar-refractivity contribution < 1.29 is 4.79 Å². The molecule has 0 saturated carbocycles. The van der Waals surface area contributed by atoms with E-state index in [1.54, 1.807) is 11.6 Å². The molecule has 2 heterocycles. The van der Waals surface area contributed by atoms with Crippen LogP contribution in [0.2, 0.25) is 0 Å². The molecule has 8 nitrogen and oxygen atoms in total. The molecule has 0 saturated heterocycles. The van der Waals surface area contributed by atoms with Gasteiger partial charge in [-0.3, -0.25) is 23.3 Å². The maximum atomic E-state index is 12.1. The fourth-order valence-corrected chi connectivity index (χ4v) is 2.71. The van der Waals surface area contributed by atoms with Gasteiger partial charge >= 0.3 is 5.69 Å². The predicted molar refractivity (Wildman–Crippen MR) is 86.2 cm³/mol. The number of fused-ring (bicyclic) bond motifs is 1. The maximum absolute atomic E-state index is 12.1. The molecule has 1 N–H and O–H groups in total. The van der Waals surface area contributed by atoms with Crippen LogP contribution in [0, 0.1) is 3.83 Å². The Balaban J connectivity index is 2.60. The van der Waals surface area contributed by atoms with Crippen LogP contribution in [0.25, 0.3) is 11.2 Å². The Kier molecular flexibility index (Phi) is 4.49. The highest BCUT2D eigenvalue weighted by molar-refractivity contribution is 14.1. The molecule has 0 aliphatic heterocycles. The van der Waals surface area contributed by atoms with E-state index in [9.17, 15) is 14.4 Å². The highest BCUT2D eigenvalue weighted by Crippen LogP contribution is 2.12. The summed E-state index contributed by atoms with van der Waals surface area (Å²) in [4.78, 5) is 40.2. The number of aryl methyl sites for hydroxylation is 1. The lowest BCUT2D eigenvalue weighted by Gasteiger charge is -2.09. The molecule has 2 aromatic heterocycles. The lowest BCUT2D eigenvalue weighted by Crippen LogP contribution is -2.38. The van der Waals surface area contributed by atoms with E-state index in [1.165, 1.54) is 11.6 Å². The molecule has 0 atom stereocenters. The fourth-order valence-electron chi connectivity index (χ4n) is 2.07. The van der Waals surface area contributed by atoms with Crippen LogP contribution in [0.5, 0.6) is 0 Å². The van der Waals surface area contributed by atoms with Gasteiger partial charge in [0.15, 0.2) is 15.0 Å². The molecule has 0 unspecified atom stereocenters. The summed E-state index contributed by atoms with van der Waals surface area (Å²) in [5.74, 6) is -0.179. The Morgan fingerprint density at radius 3 is 2.57 bits per heavy atom. The Bertz CT molecular complexity index is 817. The highest BCUT2D eigenvalue weighted by atomic mass is 127. The van der Waals surface area contributed by atoms with Crippen molar-refractivity contribution >= 4 is 39.7 Å². The Morgan fingerprint density at radius 1 is 1.29 bits per heavy atom.